The van der Waals surface area contributed by atoms with Crippen LogP contribution in [0.15, 0.2) is 28.7 Å². The largest absolute Gasteiger partial charge is 0.496 e. The van der Waals surface area contributed by atoms with Gasteiger partial charge in [-0.15, -0.1) is 0 Å². The number of amides is 1. The molecule has 1 aromatic rings. The Morgan fingerprint density at radius 2 is 2.04 bits per heavy atom. The van der Waals surface area contributed by atoms with Crippen molar-refractivity contribution in [2.24, 2.45) is 0 Å². The van der Waals surface area contributed by atoms with Crippen LogP contribution in [0.3, 0.4) is 0 Å². The molecule has 3 rings (SSSR count). The fourth-order valence-electron chi connectivity index (χ4n) is 3.63. The number of nitrogens with one attached hydrogen (secondary N) is 1. The molecule has 2 fully saturated rings. The normalized spacial score (nSPS) is 25.6. The van der Waals surface area contributed by atoms with E-state index in [2.05, 4.69) is 26.1 Å². The first-order valence-corrected chi connectivity index (χ1v) is 11.3. The molecule has 0 bridgehead atoms. The predicted molar refractivity (Wildman–Crippen MR) is 105 cm³/mol. The molecule has 1 N–H and O–H groups in total. The molecule has 0 saturated carbocycles. The summed E-state index contributed by atoms with van der Waals surface area (Å²) in [6.07, 6.45) is 5.27. The third-order valence-electron chi connectivity index (χ3n) is 4.87. The van der Waals surface area contributed by atoms with E-state index in [9.17, 15) is 13.2 Å². The van der Waals surface area contributed by atoms with Gasteiger partial charge in [0.2, 0.25) is 5.91 Å². The molecule has 26 heavy (non-hydrogen) atoms. The Bertz CT molecular complexity index is 803. The lowest BCUT2D eigenvalue weighted by atomic mass is 10.1. The van der Waals surface area contributed by atoms with Crippen LogP contribution in [0.4, 0.5) is 0 Å². The second kappa shape index (κ2) is 8.10. The zero-order valence-corrected chi connectivity index (χ0v) is 17.1. The highest BCUT2D eigenvalue weighted by Gasteiger charge is 2.42. The number of hydrogen-bond donors (Lipinski definition) is 1. The van der Waals surface area contributed by atoms with Gasteiger partial charge in [0, 0.05) is 22.2 Å². The van der Waals surface area contributed by atoms with Crippen LogP contribution in [0.2, 0.25) is 0 Å². The number of ether oxygens (including phenoxy) is 1. The first-order chi connectivity index (χ1) is 12.4. The number of carbonyl (C=O) groups is 1. The molecular formula is C18H23BrN2O4S. The molecule has 8 heteroatoms. The molecule has 1 aromatic carbocycles. The van der Waals surface area contributed by atoms with E-state index >= 15 is 0 Å². The van der Waals surface area contributed by atoms with E-state index in [1.807, 2.05) is 18.2 Å². The molecular weight excluding hydrogens is 420 g/mol. The van der Waals surface area contributed by atoms with Crippen LogP contribution in [-0.4, -0.2) is 63.0 Å². The van der Waals surface area contributed by atoms with Crippen molar-refractivity contribution in [1.29, 1.82) is 0 Å². The second-order valence-electron chi connectivity index (χ2n) is 6.72. The Labute approximate surface area is 162 Å². The lowest BCUT2D eigenvalue weighted by Crippen LogP contribution is -2.49. The van der Waals surface area contributed by atoms with E-state index in [1.54, 1.807) is 13.2 Å². The minimum atomic E-state index is -3.12. The molecule has 1 amide bonds. The minimum absolute atomic E-state index is 0.00789. The van der Waals surface area contributed by atoms with Crippen molar-refractivity contribution in [1.82, 2.24) is 10.2 Å². The summed E-state index contributed by atoms with van der Waals surface area (Å²) in [5, 5.41) is 2.88. The fourth-order valence-corrected chi connectivity index (χ4v) is 5.96. The van der Waals surface area contributed by atoms with Gasteiger partial charge < -0.3 is 10.1 Å². The summed E-state index contributed by atoms with van der Waals surface area (Å²) in [6.45, 7) is 1.80. The van der Waals surface area contributed by atoms with E-state index in [4.69, 9.17) is 4.74 Å². The number of halogens is 1. The summed E-state index contributed by atoms with van der Waals surface area (Å²) < 4.78 is 30.3. The highest BCUT2D eigenvalue weighted by atomic mass is 79.9. The first-order valence-electron chi connectivity index (χ1n) is 8.64. The summed E-state index contributed by atoms with van der Waals surface area (Å²) in [4.78, 5) is 14.6. The van der Waals surface area contributed by atoms with Gasteiger partial charge >= 0.3 is 0 Å². The molecule has 2 saturated heterocycles. The third-order valence-corrected chi connectivity index (χ3v) is 7.08. The predicted octanol–water partition coefficient (Wildman–Crippen LogP) is 1.85. The molecule has 0 aliphatic carbocycles. The van der Waals surface area contributed by atoms with Crippen LogP contribution in [0.25, 0.3) is 6.08 Å². The lowest BCUT2D eigenvalue weighted by Gasteiger charge is -2.28. The number of sulfone groups is 1. The van der Waals surface area contributed by atoms with E-state index in [0.717, 1.165) is 36.0 Å². The van der Waals surface area contributed by atoms with Crippen molar-refractivity contribution in [3.05, 3.63) is 34.3 Å². The maximum absolute atomic E-state index is 12.4. The van der Waals surface area contributed by atoms with Crippen LogP contribution in [0, 0.1) is 0 Å². The summed E-state index contributed by atoms with van der Waals surface area (Å²) in [6, 6.07) is 5.05. The molecule has 0 radical (unpaired) electrons. The third kappa shape index (κ3) is 4.66. The quantitative estimate of drug-likeness (QED) is 0.704. The standard InChI is InChI=1S/C18H23BrN2O4S/c1-25-17-6-5-14(19)10-13(17)4-7-18(22)20-15-11-26(23,24)12-16(15)21-8-2-3-9-21/h4-7,10,15-16H,2-3,8-9,11-12H2,1H3,(H,20,22)/b7-4+. The Balaban J connectivity index is 1.69. The van der Waals surface area contributed by atoms with E-state index in [0.29, 0.717) is 5.75 Å². The van der Waals surface area contributed by atoms with Crippen LogP contribution in [0.5, 0.6) is 5.75 Å². The summed E-state index contributed by atoms with van der Waals surface area (Å²) in [5.74, 6) is 0.503. The van der Waals surface area contributed by atoms with Crippen molar-refractivity contribution in [3.63, 3.8) is 0 Å². The fraction of sp³-hybridized carbons (Fsp3) is 0.500. The van der Waals surface area contributed by atoms with Crippen molar-refractivity contribution in [3.8, 4) is 5.75 Å². The Kier molecular flexibility index (Phi) is 6.04. The van der Waals surface area contributed by atoms with Gasteiger partial charge in [-0.05, 0) is 50.2 Å². The van der Waals surface area contributed by atoms with Crippen molar-refractivity contribution >= 4 is 37.8 Å². The number of nitrogens with zero attached hydrogens (tertiary/aromatic N) is 1. The smallest absolute Gasteiger partial charge is 0.244 e. The van der Waals surface area contributed by atoms with Crippen LogP contribution >= 0.6 is 15.9 Å². The van der Waals surface area contributed by atoms with Crippen molar-refractivity contribution < 1.29 is 17.9 Å². The van der Waals surface area contributed by atoms with E-state index in [-0.39, 0.29) is 29.5 Å². The highest BCUT2D eigenvalue weighted by molar-refractivity contribution is 9.10. The first kappa shape index (κ1) is 19.4. The van der Waals surface area contributed by atoms with Gasteiger partial charge in [-0.25, -0.2) is 8.42 Å². The van der Waals surface area contributed by atoms with Gasteiger partial charge in [0.25, 0.3) is 0 Å². The minimum Gasteiger partial charge on any atom is -0.496 e. The molecule has 2 aliphatic heterocycles. The zero-order chi connectivity index (χ0) is 18.7. The Hall–Kier alpha value is -1.38. The number of benzene rings is 1. The summed E-state index contributed by atoms with van der Waals surface area (Å²) >= 11 is 3.40. The monoisotopic (exact) mass is 442 g/mol. The highest BCUT2D eigenvalue weighted by Crippen LogP contribution is 2.25. The molecule has 2 aliphatic rings. The van der Waals surface area contributed by atoms with Gasteiger partial charge in [-0.1, -0.05) is 15.9 Å². The maximum Gasteiger partial charge on any atom is 0.244 e. The van der Waals surface area contributed by atoms with Gasteiger partial charge in [0.1, 0.15) is 5.75 Å². The molecule has 142 valence electrons. The number of rotatable bonds is 5. The SMILES string of the molecule is COc1ccc(Br)cc1/C=C/C(=O)NC1CS(=O)(=O)CC1N1CCCC1. The number of methoxy groups -OCH3 is 1. The van der Waals surface area contributed by atoms with Crippen LogP contribution < -0.4 is 10.1 Å². The number of hydrogen-bond acceptors (Lipinski definition) is 5. The summed E-state index contributed by atoms with van der Waals surface area (Å²) in [5.41, 5.74) is 0.771. The topological polar surface area (TPSA) is 75.7 Å². The molecule has 0 spiro atoms. The summed E-state index contributed by atoms with van der Waals surface area (Å²) in [7, 11) is -1.54. The van der Waals surface area contributed by atoms with Gasteiger partial charge in [0.05, 0.1) is 24.7 Å². The second-order valence-corrected chi connectivity index (χ2v) is 9.79. The van der Waals surface area contributed by atoms with E-state index in [1.165, 1.54) is 6.08 Å². The van der Waals surface area contributed by atoms with Gasteiger partial charge in [-0.2, -0.15) is 0 Å². The van der Waals surface area contributed by atoms with Crippen LogP contribution in [-0.2, 0) is 14.6 Å². The Morgan fingerprint density at radius 3 is 2.73 bits per heavy atom. The van der Waals surface area contributed by atoms with Crippen LogP contribution in [0.1, 0.15) is 18.4 Å². The molecule has 0 aromatic heterocycles. The van der Waals surface area contributed by atoms with Crippen molar-refractivity contribution in [2.45, 2.75) is 24.9 Å². The number of likely N-dealkylation sites (tertiary alicyclic amines) is 1. The molecule has 2 heterocycles. The van der Waals surface area contributed by atoms with Crippen molar-refractivity contribution in [2.75, 3.05) is 31.7 Å². The molecule has 6 nitrogen and oxygen atoms in total. The van der Waals surface area contributed by atoms with E-state index < -0.39 is 9.84 Å². The zero-order valence-electron chi connectivity index (χ0n) is 14.7. The maximum atomic E-state index is 12.4. The average molecular weight is 443 g/mol. The lowest BCUT2D eigenvalue weighted by molar-refractivity contribution is -0.117. The molecule has 2 unspecified atom stereocenters. The van der Waals surface area contributed by atoms with Gasteiger partial charge in [0.15, 0.2) is 9.84 Å². The Morgan fingerprint density at radius 1 is 1.31 bits per heavy atom. The number of carbonyl (C=O) groups excluding carboxylic acids is 1. The van der Waals surface area contributed by atoms with Gasteiger partial charge in [-0.3, -0.25) is 9.69 Å². The average Bonchev–Trinajstić information content (AvgIpc) is 3.20. The molecule has 2 atom stereocenters.